The fraction of sp³-hybridized carbons (Fsp3) is 0.462. The molecule has 4 heterocycles. The average molecular weight is 434 g/mol. The molecule has 2 bridgehead atoms. The minimum absolute atomic E-state index is 0.0564. The maximum Gasteiger partial charge on any atom is 0.251 e. The number of nitrogens with zero attached hydrogens (tertiary/aromatic N) is 3. The number of piperidine rings is 1. The van der Waals surface area contributed by atoms with Gasteiger partial charge in [-0.15, -0.1) is 0 Å². The molecule has 0 spiro atoms. The smallest absolute Gasteiger partial charge is 0.251 e. The highest BCUT2D eigenvalue weighted by molar-refractivity contribution is 5.81. The van der Waals surface area contributed by atoms with Crippen molar-refractivity contribution in [2.75, 3.05) is 45.9 Å². The van der Waals surface area contributed by atoms with Crippen LogP contribution in [0.5, 0.6) is 0 Å². The third kappa shape index (κ3) is 4.30. The van der Waals surface area contributed by atoms with Gasteiger partial charge in [-0.05, 0) is 24.5 Å². The van der Waals surface area contributed by atoms with Gasteiger partial charge in [-0.2, -0.15) is 0 Å². The fourth-order valence-electron chi connectivity index (χ4n) is 5.55. The minimum atomic E-state index is -0.422. The van der Waals surface area contributed by atoms with Gasteiger partial charge in [0.15, 0.2) is 0 Å². The highest BCUT2D eigenvalue weighted by Gasteiger charge is 2.44. The Labute approximate surface area is 189 Å². The standard InChI is InChI=1S/C26H31N3O3/c30-24-11-4-10-23-21-17-22(19-27(18-21)12-5-9-20-7-2-1-3-8-20)25(29(23)24)26(31)28-13-6-15-32-16-14-28/h1-5,7-11,21-22,25H,6,12-19H2/b9-5+/t21-,22+,25-/m1/s1. The van der Waals surface area contributed by atoms with Crippen molar-refractivity contribution >= 4 is 12.0 Å². The summed E-state index contributed by atoms with van der Waals surface area (Å²) in [5.74, 6) is 0.502. The van der Waals surface area contributed by atoms with Gasteiger partial charge >= 0.3 is 0 Å². The molecule has 1 aromatic heterocycles. The quantitative estimate of drug-likeness (QED) is 0.744. The van der Waals surface area contributed by atoms with Crippen LogP contribution in [0.4, 0.5) is 0 Å². The molecule has 6 heteroatoms. The van der Waals surface area contributed by atoms with Gasteiger partial charge in [-0.3, -0.25) is 19.1 Å². The van der Waals surface area contributed by atoms with Crippen LogP contribution in [0.25, 0.3) is 6.08 Å². The molecule has 0 saturated carbocycles. The Morgan fingerprint density at radius 1 is 1.03 bits per heavy atom. The Hall–Kier alpha value is -2.70. The van der Waals surface area contributed by atoms with E-state index in [1.165, 1.54) is 5.56 Å². The predicted octanol–water partition coefficient (Wildman–Crippen LogP) is 2.77. The first-order chi connectivity index (χ1) is 15.7. The van der Waals surface area contributed by atoms with Gasteiger partial charge in [0.1, 0.15) is 6.04 Å². The van der Waals surface area contributed by atoms with Crippen LogP contribution in [0.15, 0.2) is 59.4 Å². The largest absolute Gasteiger partial charge is 0.380 e. The SMILES string of the molecule is O=C([C@H]1[C@H]2C[C@H](CN(C/C=C/c3ccccc3)C2)c2cccc(=O)n21)N1CCCOCC1. The van der Waals surface area contributed by atoms with E-state index in [0.717, 1.165) is 38.2 Å². The van der Waals surface area contributed by atoms with E-state index in [0.29, 0.717) is 26.3 Å². The maximum absolute atomic E-state index is 13.7. The molecule has 0 radical (unpaired) electrons. The number of likely N-dealkylation sites (tertiary alicyclic amines) is 1. The second-order valence-electron chi connectivity index (χ2n) is 9.12. The third-order valence-electron chi connectivity index (χ3n) is 6.98. The fourth-order valence-corrected chi connectivity index (χ4v) is 5.55. The predicted molar refractivity (Wildman–Crippen MR) is 125 cm³/mol. The summed E-state index contributed by atoms with van der Waals surface area (Å²) in [4.78, 5) is 31.0. The molecule has 1 amide bonds. The zero-order chi connectivity index (χ0) is 21.9. The number of fused-ring (bicyclic) bond motifs is 4. The Balaban J connectivity index is 1.40. The van der Waals surface area contributed by atoms with Gasteiger partial charge in [0.05, 0.1) is 6.61 Å². The number of aromatic nitrogens is 1. The summed E-state index contributed by atoms with van der Waals surface area (Å²) in [6.45, 7) is 5.15. The Morgan fingerprint density at radius 3 is 2.78 bits per heavy atom. The molecule has 2 saturated heterocycles. The normalized spacial score (nSPS) is 26.0. The van der Waals surface area contributed by atoms with Crippen LogP contribution in [0.2, 0.25) is 0 Å². The lowest BCUT2D eigenvalue weighted by atomic mass is 9.78. The molecule has 1 aromatic carbocycles. The van der Waals surface area contributed by atoms with Crippen molar-refractivity contribution < 1.29 is 9.53 Å². The zero-order valence-electron chi connectivity index (χ0n) is 18.4. The van der Waals surface area contributed by atoms with Gasteiger partial charge in [-0.25, -0.2) is 0 Å². The van der Waals surface area contributed by atoms with E-state index in [9.17, 15) is 9.59 Å². The number of carbonyl (C=O) groups excluding carboxylic acids is 1. The lowest BCUT2D eigenvalue weighted by molar-refractivity contribution is -0.138. The summed E-state index contributed by atoms with van der Waals surface area (Å²) in [7, 11) is 0. The summed E-state index contributed by atoms with van der Waals surface area (Å²) in [5, 5.41) is 0. The van der Waals surface area contributed by atoms with Crippen molar-refractivity contribution in [1.82, 2.24) is 14.4 Å². The number of amides is 1. The Bertz CT molecular complexity index is 1020. The van der Waals surface area contributed by atoms with Crippen molar-refractivity contribution in [3.05, 3.63) is 76.2 Å². The van der Waals surface area contributed by atoms with E-state index in [1.807, 2.05) is 39.8 Å². The van der Waals surface area contributed by atoms with Crippen LogP contribution >= 0.6 is 0 Å². The average Bonchev–Trinajstić information content (AvgIpc) is 3.10. The molecule has 2 fully saturated rings. The van der Waals surface area contributed by atoms with Gasteiger partial charge in [0, 0.05) is 62.9 Å². The van der Waals surface area contributed by atoms with E-state index in [1.54, 1.807) is 6.07 Å². The molecule has 5 rings (SSSR count). The summed E-state index contributed by atoms with van der Waals surface area (Å²) in [5.41, 5.74) is 2.15. The number of hydrogen-bond donors (Lipinski definition) is 0. The number of benzene rings is 1. The molecule has 0 aliphatic carbocycles. The molecular formula is C26H31N3O3. The summed E-state index contributed by atoms with van der Waals surface area (Å²) in [6.07, 6.45) is 6.17. The summed E-state index contributed by atoms with van der Waals surface area (Å²) in [6, 6.07) is 15.4. The van der Waals surface area contributed by atoms with Crippen molar-refractivity contribution in [1.29, 1.82) is 0 Å². The number of hydrogen-bond acceptors (Lipinski definition) is 4. The monoisotopic (exact) mass is 433 g/mol. The van der Waals surface area contributed by atoms with Crippen molar-refractivity contribution in [2.45, 2.75) is 24.8 Å². The van der Waals surface area contributed by atoms with Crippen molar-refractivity contribution in [2.24, 2.45) is 5.92 Å². The van der Waals surface area contributed by atoms with Crippen LogP contribution in [-0.2, 0) is 9.53 Å². The second-order valence-corrected chi connectivity index (χ2v) is 9.12. The molecule has 0 unspecified atom stereocenters. The van der Waals surface area contributed by atoms with E-state index in [-0.39, 0.29) is 23.3 Å². The molecule has 0 N–H and O–H groups in total. The van der Waals surface area contributed by atoms with E-state index >= 15 is 0 Å². The van der Waals surface area contributed by atoms with Gasteiger partial charge in [0.25, 0.3) is 5.56 Å². The highest BCUT2D eigenvalue weighted by atomic mass is 16.5. The van der Waals surface area contributed by atoms with E-state index in [4.69, 9.17) is 4.74 Å². The lowest BCUT2D eigenvalue weighted by Gasteiger charge is -2.47. The third-order valence-corrected chi connectivity index (χ3v) is 6.98. The van der Waals surface area contributed by atoms with Crippen molar-refractivity contribution in [3.8, 4) is 0 Å². The van der Waals surface area contributed by atoms with Crippen LogP contribution in [0, 0.1) is 5.92 Å². The lowest BCUT2D eigenvalue weighted by Crippen LogP contribution is -2.54. The van der Waals surface area contributed by atoms with Gasteiger partial charge in [-0.1, -0.05) is 48.6 Å². The Kier molecular flexibility index (Phi) is 6.23. The number of carbonyl (C=O) groups is 1. The second kappa shape index (κ2) is 9.43. The molecule has 3 atom stereocenters. The van der Waals surface area contributed by atoms with Gasteiger partial charge in [0.2, 0.25) is 5.91 Å². The first kappa shape index (κ1) is 21.2. The van der Waals surface area contributed by atoms with Crippen LogP contribution in [0.3, 0.4) is 0 Å². The number of pyridine rings is 1. The molecule has 3 aliphatic heterocycles. The zero-order valence-corrected chi connectivity index (χ0v) is 18.4. The number of ether oxygens (including phenoxy) is 1. The molecular weight excluding hydrogens is 402 g/mol. The molecule has 2 aromatic rings. The van der Waals surface area contributed by atoms with E-state index < -0.39 is 6.04 Å². The molecule has 6 nitrogen and oxygen atoms in total. The first-order valence-corrected chi connectivity index (χ1v) is 11.7. The van der Waals surface area contributed by atoms with Crippen LogP contribution < -0.4 is 5.56 Å². The van der Waals surface area contributed by atoms with Crippen LogP contribution in [-0.4, -0.2) is 66.2 Å². The van der Waals surface area contributed by atoms with Crippen molar-refractivity contribution in [3.63, 3.8) is 0 Å². The molecule has 3 aliphatic rings. The summed E-state index contributed by atoms with van der Waals surface area (Å²) < 4.78 is 7.37. The maximum atomic E-state index is 13.7. The first-order valence-electron chi connectivity index (χ1n) is 11.7. The Morgan fingerprint density at radius 2 is 1.91 bits per heavy atom. The highest BCUT2D eigenvalue weighted by Crippen LogP contribution is 2.41. The minimum Gasteiger partial charge on any atom is -0.380 e. The van der Waals surface area contributed by atoms with E-state index in [2.05, 4.69) is 29.2 Å². The number of rotatable bonds is 4. The topological polar surface area (TPSA) is 54.8 Å². The van der Waals surface area contributed by atoms with Gasteiger partial charge < -0.3 is 9.64 Å². The molecule has 168 valence electrons. The van der Waals surface area contributed by atoms with Crippen LogP contribution in [0.1, 0.15) is 36.1 Å². The molecule has 32 heavy (non-hydrogen) atoms. The summed E-state index contributed by atoms with van der Waals surface area (Å²) >= 11 is 0.